The van der Waals surface area contributed by atoms with E-state index in [-0.39, 0.29) is 18.9 Å². The molecule has 3 aromatic rings. The van der Waals surface area contributed by atoms with Crippen LogP contribution in [-0.2, 0) is 20.7 Å². The zero-order valence-electron chi connectivity index (χ0n) is 23.3. The maximum atomic E-state index is 13.1. The number of aromatic nitrogens is 2. The number of fused-ring (bicyclic) bond motifs is 1. The molecule has 2 aliphatic rings. The molecule has 1 aliphatic carbocycles. The average Bonchev–Trinajstić information content (AvgIpc) is 3.58. The highest BCUT2D eigenvalue weighted by Crippen LogP contribution is 2.36. The number of pyridine rings is 1. The summed E-state index contributed by atoms with van der Waals surface area (Å²) >= 11 is 0. The molecule has 210 valence electrons. The van der Waals surface area contributed by atoms with Gasteiger partial charge in [-0.25, -0.2) is 9.78 Å². The van der Waals surface area contributed by atoms with Gasteiger partial charge in [0.05, 0.1) is 25.3 Å². The van der Waals surface area contributed by atoms with Crippen molar-refractivity contribution in [2.24, 2.45) is 11.8 Å². The molecule has 2 fully saturated rings. The molecule has 8 heteroatoms. The summed E-state index contributed by atoms with van der Waals surface area (Å²) in [6, 6.07) is 13.1. The number of benzene rings is 1. The van der Waals surface area contributed by atoms with Crippen molar-refractivity contribution >= 4 is 18.0 Å². The van der Waals surface area contributed by atoms with Crippen LogP contribution in [0.5, 0.6) is 5.75 Å². The number of hydrogen-bond acceptors (Lipinski definition) is 7. The fourth-order valence-corrected chi connectivity index (χ4v) is 5.68. The topological polar surface area (TPSA) is 94.8 Å². The molecule has 2 aromatic heterocycles. The molecule has 8 nitrogen and oxygen atoms in total. The third kappa shape index (κ3) is 6.79. The van der Waals surface area contributed by atoms with Crippen molar-refractivity contribution in [3.05, 3.63) is 71.3 Å². The molecule has 1 aliphatic heterocycles. The number of nitrogens with zero attached hydrogens (tertiary/aromatic N) is 3. The molecule has 1 aromatic carbocycles. The molecular weight excluding hydrogens is 506 g/mol. The normalized spacial score (nSPS) is 18.9. The molecule has 1 amide bonds. The van der Waals surface area contributed by atoms with E-state index < -0.39 is 5.97 Å². The van der Waals surface area contributed by atoms with Crippen molar-refractivity contribution in [2.45, 2.75) is 52.4 Å². The largest absolute Gasteiger partial charge is 0.493 e. The Morgan fingerprint density at radius 3 is 2.50 bits per heavy atom. The van der Waals surface area contributed by atoms with Gasteiger partial charge in [0.25, 0.3) is 0 Å². The van der Waals surface area contributed by atoms with Crippen molar-refractivity contribution < 1.29 is 23.5 Å². The zero-order valence-corrected chi connectivity index (χ0v) is 23.3. The molecule has 3 heterocycles. The van der Waals surface area contributed by atoms with Crippen molar-refractivity contribution in [1.82, 2.24) is 14.9 Å². The molecule has 2 atom stereocenters. The van der Waals surface area contributed by atoms with Crippen molar-refractivity contribution in [3.63, 3.8) is 0 Å². The van der Waals surface area contributed by atoms with Crippen molar-refractivity contribution in [3.8, 4) is 17.3 Å². The van der Waals surface area contributed by atoms with Gasteiger partial charge in [0.15, 0.2) is 0 Å². The van der Waals surface area contributed by atoms with Gasteiger partial charge in [-0.1, -0.05) is 31.0 Å². The van der Waals surface area contributed by atoms with E-state index in [1.54, 1.807) is 19.2 Å². The molecule has 40 heavy (non-hydrogen) atoms. The second-order valence-corrected chi connectivity index (χ2v) is 10.6. The molecular formula is C32H37N3O5. The number of hydrogen-bond donors (Lipinski definition) is 0. The summed E-state index contributed by atoms with van der Waals surface area (Å²) in [7, 11) is 0. The summed E-state index contributed by atoms with van der Waals surface area (Å²) in [5.41, 5.74) is 2.72. The highest BCUT2D eigenvalue weighted by molar-refractivity contribution is 5.99. The lowest BCUT2D eigenvalue weighted by Crippen LogP contribution is -2.30. The van der Waals surface area contributed by atoms with Gasteiger partial charge in [0, 0.05) is 31.3 Å². The number of esters is 1. The molecule has 0 unspecified atom stereocenters. The number of carbonyl (C=O) groups excluding carboxylic acids is 2. The lowest BCUT2D eigenvalue weighted by molar-refractivity contribution is -0.140. The summed E-state index contributed by atoms with van der Waals surface area (Å²) in [6.45, 7) is 5.98. The average molecular weight is 544 g/mol. The van der Waals surface area contributed by atoms with Crippen LogP contribution < -0.4 is 4.74 Å². The summed E-state index contributed by atoms with van der Waals surface area (Å²) in [5, 5.41) is 0. The Morgan fingerprint density at radius 1 is 1.07 bits per heavy atom. The number of aryl methyl sites for hydroxylation is 1. The van der Waals surface area contributed by atoms with E-state index in [0.29, 0.717) is 47.8 Å². The minimum absolute atomic E-state index is 0.00279. The maximum absolute atomic E-state index is 13.1. The molecule has 0 bridgehead atoms. The zero-order chi connectivity index (χ0) is 27.9. The van der Waals surface area contributed by atoms with E-state index in [1.807, 2.05) is 54.3 Å². The van der Waals surface area contributed by atoms with E-state index >= 15 is 0 Å². The Balaban J connectivity index is 1.18. The number of ether oxygens (including phenoxy) is 2. The van der Waals surface area contributed by atoms with Gasteiger partial charge in [-0.15, -0.1) is 0 Å². The van der Waals surface area contributed by atoms with E-state index in [0.717, 1.165) is 30.1 Å². The molecule has 5 rings (SSSR count). The monoisotopic (exact) mass is 543 g/mol. The second-order valence-electron chi connectivity index (χ2n) is 10.6. The van der Waals surface area contributed by atoms with Crippen LogP contribution in [0.4, 0.5) is 0 Å². The van der Waals surface area contributed by atoms with Crippen molar-refractivity contribution in [2.75, 3.05) is 26.3 Å². The van der Waals surface area contributed by atoms with Crippen LogP contribution in [-0.4, -0.2) is 53.0 Å². The highest BCUT2D eigenvalue weighted by Gasteiger charge is 2.36. The first kappa shape index (κ1) is 27.6. The van der Waals surface area contributed by atoms with E-state index in [2.05, 4.69) is 9.97 Å². The Morgan fingerprint density at radius 2 is 1.82 bits per heavy atom. The van der Waals surface area contributed by atoms with Crippen LogP contribution in [0.3, 0.4) is 0 Å². The van der Waals surface area contributed by atoms with E-state index in [4.69, 9.17) is 13.9 Å². The fraction of sp³-hybridized carbons (Fsp3) is 0.438. The number of rotatable bonds is 10. The first-order valence-corrected chi connectivity index (χ1v) is 14.3. The summed E-state index contributed by atoms with van der Waals surface area (Å²) < 4.78 is 17.0. The number of oxazole rings is 1. The lowest BCUT2D eigenvalue weighted by Gasteiger charge is -2.22. The molecule has 0 radical (unpaired) electrons. The number of likely N-dealkylation sites (tertiary alicyclic amines) is 1. The predicted molar refractivity (Wildman–Crippen MR) is 151 cm³/mol. The standard InChI is InChI=1S/C32H37N3O5/c1-3-38-32(37)26(19-30(36)35-20-24-8-4-5-9-25(24)21-35)18-23-11-13-27(14-12-23)39-17-15-28-22(2)40-31(34-28)29-10-6-7-16-33-29/h6-7,10-14,16,18,24-25H,3-5,8-9,15,17,19-21H2,1-2H3/b26-18+/t24-,25+. The first-order chi connectivity index (χ1) is 19.5. The minimum atomic E-state index is -0.444. The third-order valence-electron chi connectivity index (χ3n) is 7.81. The van der Waals surface area contributed by atoms with Crippen LogP contribution in [0.25, 0.3) is 17.7 Å². The highest BCUT2D eigenvalue weighted by atomic mass is 16.5. The van der Waals surface area contributed by atoms with E-state index in [9.17, 15) is 9.59 Å². The second kappa shape index (κ2) is 12.9. The summed E-state index contributed by atoms with van der Waals surface area (Å²) in [5.74, 6) is 2.73. The smallest absolute Gasteiger partial charge is 0.334 e. The van der Waals surface area contributed by atoms with Gasteiger partial charge in [-0.3, -0.25) is 9.78 Å². The minimum Gasteiger partial charge on any atom is -0.493 e. The Hall–Kier alpha value is -3.94. The molecule has 1 saturated heterocycles. The Bertz CT molecular complexity index is 1320. The summed E-state index contributed by atoms with van der Waals surface area (Å²) in [4.78, 5) is 36.6. The number of carbonyl (C=O) groups is 2. The van der Waals surface area contributed by atoms with Crippen LogP contribution in [0.2, 0.25) is 0 Å². The van der Waals surface area contributed by atoms with Gasteiger partial charge in [0.2, 0.25) is 11.8 Å². The van der Waals surface area contributed by atoms with Crippen LogP contribution in [0.1, 0.15) is 56.0 Å². The SMILES string of the molecule is CCOC(=O)/C(=C/c1ccc(OCCc2nc(-c3ccccn3)oc2C)cc1)CC(=O)N1C[C@H]2CCCC[C@H]2C1. The van der Waals surface area contributed by atoms with Gasteiger partial charge in [-0.2, -0.15) is 0 Å². The van der Waals surface area contributed by atoms with Gasteiger partial charge >= 0.3 is 5.97 Å². The first-order valence-electron chi connectivity index (χ1n) is 14.3. The van der Waals surface area contributed by atoms with Crippen LogP contribution in [0.15, 0.2) is 58.7 Å². The van der Waals surface area contributed by atoms with Gasteiger partial charge < -0.3 is 18.8 Å². The number of amides is 1. The maximum Gasteiger partial charge on any atom is 0.334 e. The van der Waals surface area contributed by atoms with Crippen LogP contribution >= 0.6 is 0 Å². The summed E-state index contributed by atoms with van der Waals surface area (Å²) in [6.07, 6.45) is 9.02. The Labute approximate surface area is 235 Å². The van der Waals surface area contributed by atoms with Gasteiger partial charge in [0.1, 0.15) is 17.2 Å². The quantitative estimate of drug-likeness (QED) is 0.241. The van der Waals surface area contributed by atoms with E-state index in [1.165, 1.54) is 25.7 Å². The molecule has 1 saturated carbocycles. The fourth-order valence-electron chi connectivity index (χ4n) is 5.68. The lowest BCUT2D eigenvalue weighted by atomic mass is 9.82. The molecule has 0 N–H and O–H groups in total. The predicted octanol–water partition coefficient (Wildman–Crippen LogP) is 5.65. The third-order valence-corrected chi connectivity index (χ3v) is 7.81. The van der Waals surface area contributed by atoms with Crippen LogP contribution in [0, 0.1) is 18.8 Å². The van der Waals surface area contributed by atoms with Gasteiger partial charge in [-0.05, 0) is 74.4 Å². The van der Waals surface area contributed by atoms with Crippen molar-refractivity contribution in [1.29, 1.82) is 0 Å². The Kier molecular flexibility index (Phi) is 8.94. The molecule has 0 spiro atoms.